The molecule has 0 aliphatic carbocycles. The molecular formula is C18H30N6O. The van der Waals surface area contributed by atoms with Crippen LogP contribution in [0.25, 0.3) is 11.0 Å². The van der Waals surface area contributed by atoms with Gasteiger partial charge in [-0.05, 0) is 66.3 Å². The second-order valence-electron chi connectivity index (χ2n) is 6.93. The van der Waals surface area contributed by atoms with E-state index in [1.54, 1.807) is 4.68 Å². The van der Waals surface area contributed by atoms with Gasteiger partial charge in [-0.1, -0.05) is 17.3 Å². The van der Waals surface area contributed by atoms with Gasteiger partial charge in [0.05, 0.1) is 5.52 Å². The van der Waals surface area contributed by atoms with Gasteiger partial charge in [0.25, 0.3) is 0 Å². The van der Waals surface area contributed by atoms with Crippen LogP contribution in [0.5, 0.6) is 0 Å². The first-order chi connectivity index (χ1) is 12.0. The minimum absolute atomic E-state index is 0.105. The molecule has 138 valence electrons. The van der Waals surface area contributed by atoms with E-state index < -0.39 is 0 Å². The zero-order valence-corrected chi connectivity index (χ0v) is 15.9. The predicted octanol–water partition coefficient (Wildman–Crippen LogP) is 1.16. The summed E-state index contributed by atoms with van der Waals surface area (Å²) in [5.41, 5.74) is 1.72. The quantitative estimate of drug-likeness (QED) is 0.646. The topological polar surface area (TPSA) is 57.5 Å². The molecular weight excluding hydrogens is 316 g/mol. The normalized spacial score (nSPS) is 11.6. The molecule has 0 aliphatic heterocycles. The summed E-state index contributed by atoms with van der Waals surface area (Å²) in [6.45, 7) is 3.74. The van der Waals surface area contributed by atoms with Crippen molar-refractivity contribution in [3.8, 4) is 0 Å². The minimum atomic E-state index is 0.105. The van der Waals surface area contributed by atoms with Gasteiger partial charge in [-0.15, -0.1) is 5.10 Å². The molecule has 0 N–H and O–H groups in total. The van der Waals surface area contributed by atoms with Crippen LogP contribution in [0, 0.1) is 0 Å². The maximum Gasteiger partial charge on any atom is 0.244 e. The van der Waals surface area contributed by atoms with Crippen LogP contribution in [-0.2, 0) is 11.3 Å². The Kier molecular flexibility index (Phi) is 7.33. The van der Waals surface area contributed by atoms with Crippen LogP contribution in [-0.4, -0.2) is 90.0 Å². The van der Waals surface area contributed by atoms with Crippen LogP contribution in [0.2, 0.25) is 0 Å². The van der Waals surface area contributed by atoms with Gasteiger partial charge >= 0.3 is 0 Å². The molecule has 1 aromatic carbocycles. The van der Waals surface area contributed by atoms with Gasteiger partial charge in [-0.2, -0.15) is 0 Å². The maximum atomic E-state index is 12.8. The van der Waals surface area contributed by atoms with Crippen LogP contribution in [0.15, 0.2) is 24.3 Å². The Labute approximate surface area is 150 Å². The number of hydrogen-bond acceptors (Lipinski definition) is 5. The largest absolute Gasteiger partial charge is 0.341 e. The summed E-state index contributed by atoms with van der Waals surface area (Å²) in [5.74, 6) is 0.105. The summed E-state index contributed by atoms with van der Waals surface area (Å²) in [7, 11) is 8.22. The van der Waals surface area contributed by atoms with E-state index in [2.05, 4.69) is 48.3 Å². The number of benzene rings is 1. The van der Waals surface area contributed by atoms with Crippen LogP contribution < -0.4 is 0 Å². The van der Waals surface area contributed by atoms with Crippen molar-refractivity contribution in [3.05, 3.63) is 24.3 Å². The molecule has 25 heavy (non-hydrogen) atoms. The lowest BCUT2D eigenvalue weighted by Crippen LogP contribution is -2.37. The fourth-order valence-electron chi connectivity index (χ4n) is 2.78. The smallest absolute Gasteiger partial charge is 0.244 e. The molecule has 2 aromatic rings. The monoisotopic (exact) mass is 346 g/mol. The minimum Gasteiger partial charge on any atom is -0.341 e. The number of carbonyl (C=O) groups is 1. The predicted molar refractivity (Wildman–Crippen MR) is 100 cm³/mol. The zero-order valence-electron chi connectivity index (χ0n) is 15.9. The van der Waals surface area contributed by atoms with Crippen molar-refractivity contribution in [1.29, 1.82) is 0 Å². The summed E-state index contributed by atoms with van der Waals surface area (Å²) in [6.07, 6.45) is 1.94. The lowest BCUT2D eigenvalue weighted by molar-refractivity contribution is -0.132. The molecule has 0 unspecified atom stereocenters. The molecule has 0 saturated heterocycles. The van der Waals surface area contributed by atoms with Crippen LogP contribution in [0.3, 0.4) is 0 Å². The van der Waals surface area contributed by atoms with Gasteiger partial charge in [0.2, 0.25) is 5.91 Å². The lowest BCUT2D eigenvalue weighted by atomic mass is 10.3. The third-order valence-corrected chi connectivity index (χ3v) is 4.12. The third kappa shape index (κ3) is 6.10. The Morgan fingerprint density at radius 3 is 2.16 bits per heavy atom. The first-order valence-corrected chi connectivity index (χ1v) is 8.83. The molecule has 0 fully saturated rings. The molecule has 1 heterocycles. The first kappa shape index (κ1) is 19.3. The number of para-hydroxylation sites is 1. The first-order valence-electron chi connectivity index (χ1n) is 8.83. The lowest BCUT2D eigenvalue weighted by Gasteiger charge is -2.24. The van der Waals surface area contributed by atoms with Crippen molar-refractivity contribution in [2.24, 2.45) is 0 Å². The van der Waals surface area contributed by atoms with Gasteiger partial charge in [0.1, 0.15) is 12.1 Å². The highest BCUT2D eigenvalue weighted by molar-refractivity contribution is 5.79. The Hall–Kier alpha value is -1.99. The van der Waals surface area contributed by atoms with Gasteiger partial charge < -0.3 is 14.7 Å². The average molecular weight is 346 g/mol. The molecule has 0 atom stereocenters. The number of rotatable bonds is 10. The van der Waals surface area contributed by atoms with Crippen molar-refractivity contribution < 1.29 is 4.79 Å². The second-order valence-corrected chi connectivity index (χ2v) is 6.93. The second kappa shape index (κ2) is 9.48. The van der Waals surface area contributed by atoms with Crippen molar-refractivity contribution in [2.45, 2.75) is 19.4 Å². The van der Waals surface area contributed by atoms with E-state index in [-0.39, 0.29) is 12.5 Å². The van der Waals surface area contributed by atoms with E-state index in [4.69, 9.17) is 0 Å². The van der Waals surface area contributed by atoms with Gasteiger partial charge in [0.15, 0.2) is 0 Å². The van der Waals surface area contributed by atoms with Crippen LogP contribution >= 0.6 is 0 Å². The Morgan fingerprint density at radius 2 is 1.56 bits per heavy atom. The number of aromatic nitrogens is 3. The van der Waals surface area contributed by atoms with Crippen molar-refractivity contribution in [2.75, 3.05) is 54.4 Å². The van der Waals surface area contributed by atoms with E-state index >= 15 is 0 Å². The van der Waals surface area contributed by atoms with Crippen molar-refractivity contribution >= 4 is 16.9 Å². The fourth-order valence-corrected chi connectivity index (χ4v) is 2.78. The SMILES string of the molecule is CN(C)CCCN(CCCN(C)C)C(=O)Cn1nnc2ccccc21. The molecule has 0 aliphatic rings. The van der Waals surface area contributed by atoms with E-state index in [9.17, 15) is 4.79 Å². The number of nitrogens with zero attached hydrogens (tertiary/aromatic N) is 6. The summed E-state index contributed by atoms with van der Waals surface area (Å²) >= 11 is 0. The molecule has 7 nitrogen and oxygen atoms in total. The molecule has 0 radical (unpaired) electrons. The molecule has 7 heteroatoms. The summed E-state index contributed by atoms with van der Waals surface area (Å²) in [6, 6.07) is 7.73. The summed E-state index contributed by atoms with van der Waals surface area (Å²) in [5, 5.41) is 8.27. The molecule has 0 bridgehead atoms. The van der Waals surface area contributed by atoms with Gasteiger partial charge in [-0.25, -0.2) is 4.68 Å². The highest BCUT2D eigenvalue weighted by Gasteiger charge is 2.16. The number of amides is 1. The van der Waals surface area contributed by atoms with E-state index in [1.165, 1.54) is 0 Å². The average Bonchev–Trinajstić information content (AvgIpc) is 2.96. The van der Waals surface area contributed by atoms with Crippen molar-refractivity contribution in [1.82, 2.24) is 29.7 Å². The van der Waals surface area contributed by atoms with Crippen molar-refractivity contribution in [3.63, 3.8) is 0 Å². The van der Waals surface area contributed by atoms with Crippen LogP contribution in [0.1, 0.15) is 12.8 Å². The molecule has 1 aromatic heterocycles. The number of hydrogen-bond donors (Lipinski definition) is 0. The zero-order chi connectivity index (χ0) is 18.2. The molecule has 2 rings (SSSR count). The third-order valence-electron chi connectivity index (χ3n) is 4.12. The highest BCUT2D eigenvalue weighted by Crippen LogP contribution is 2.10. The van der Waals surface area contributed by atoms with Gasteiger partial charge in [0, 0.05) is 13.1 Å². The Morgan fingerprint density at radius 1 is 0.960 bits per heavy atom. The molecule has 1 amide bonds. The standard InChI is InChI=1S/C18H30N6O/c1-21(2)11-7-13-23(14-8-12-22(3)4)18(25)15-24-17-10-6-5-9-16(17)19-20-24/h5-6,9-10H,7-8,11-15H2,1-4H3. The number of carbonyl (C=O) groups excluding carboxylic acids is 1. The van der Waals surface area contributed by atoms with E-state index in [0.717, 1.165) is 50.1 Å². The highest BCUT2D eigenvalue weighted by atomic mass is 16.2. The molecule has 0 saturated carbocycles. The maximum absolute atomic E-state index is 12.8. The van der Waals surface area contributed by atoms with E-state index in [0.29, 0.717) is 0 Å². The van der Waals surface area contributed by atoms with Crippen LogP contribution in [0.4, 0.5) is 0 Å². The summed E-state index contributed by atoms with van der Waals surface area (Å²) in [4.78, 5) is 19.1. The summed E-state index contributed by atoms with van der Waals surface area (Å²) < 4.78 is 1.70. The fraction of sp³-hybridized carbons (Fsp3) is 0.611. The Bertz CT molecular complexity index is 652. The van der Waals surface area contributed by atoms with E-state index in [1.807, 2.05) is 29.2 Å². The molecule has 0 spiro atoms. The number of fused-ring (bicyclic) bond motifs is 1. The van der Waals surface area contributed by atoms with Gasteiger partial charge in [-0.3, -0.25) is 4.79 Å². The Balaban J connectivity index is 1.99.